The fourth-order valence-corrected chi connectivity index (χ4v) is 4.81. The molecule has 0 fully saturated rings. The number of carbonyl (C=O) groups excluding carboxylic acids is 2. The number of amides is 2. The summed E-state index contributed by atoms with van der Waals surface area (Å²) >= 11 is 7.72. The van der Waals surface area contributed by atoms with E-state index in [0.29, 0.717) is 27.2 Å². The van der Waals surface area contributed by atoms with E-state index >= 15 is 0 Å². The van der Waals surface area contributed by atoms with E-state index in [1.165, 1.54) is 16.2 Å². The number of aromatic nitrogens is 2. The number of ether oxygens (including phenoxy) is 1. The van der Waals surface area contributed by atoms with E-state index in [0.717, 1.165) is 10.2 Å². The SMILES string of the molecule is CN(C)C(=O)Oc1c(CNC(=O)c2ccc3ncsc3c2)c(=O)c2ccc(Cl)cc2n1-c1ccccc1. The summed E-state index contributed by atoms with van der Waals surface area (Å²) < 4.78 is 8.29. The summed E-state index contributed by atoms with van der Waals surface area (Å²) in [5, 5.41) is 3.60. The van der Waals surface area contributed by atoms with Crippen LogP contribution in [0.1, 0.15) is 15.9 Å². The molecule has 37 heavy (non-hydrogen) atoms. The second-order valence-corrected chi connectivity index (χ2v) is 9.75. The zero-order valence-corrected chi connectivity index (χ0v) is 21.5. The highest BCUT2D eigenvalue weighted by Crippen LogP contribution is 2.30. The largest absolute Gasteiger partial charge is 0.416 e. The van der Waals surface area contributed by atoms with Gasteiger partial charge >= 0.3 is 6.09 Å². The highest BCUT2D eigenvalue weighted by molar-refractivity contribution is 7.16. The molecule has 0 unspecified atom stereocenters. The number of carbonyl (C=O) groups is 2. The third-order valence-electron chi connectivity index (χ3n) is 5.76. The van der Waals surface area contributed by atoms with Crippen molar-refractivity contribution in [3.63, 3.8) is 0 Å². The molecule has 1 N–H and O–H groups in total. The Morgan fingerprint density at radius 3 is 2.62 bits per heavy atom. The molecule has 5 aromatic rings. The van der Waals surface area contributed by atoms with Gasteiger partial charge in [-0.3, -0.25) is 14.2 Å². The molecule has 0 spiro atoms. The Morgan fingerprint density at radius 2 is 1.86 bits per heavy atom. The van der Waals surface area contributed by atoms with Gasteiger partial charge in [-0.15, -0.1) is 11.3 Å². The Balaban J connectivity index is 1.65. The molecule has 0 saturated heterocycles. The molecule has 2 aromatic heterocycles. The Hall–Kier alpha value is -4.21. The predicted octanol–water partition coefficient (Wildman–Crippen LogP) is 5.24. The molecule has 2 amide bonds. The topological polar surface area (TPSA) is 93.5 Å². The van der Waals surface area contributed by atoms with Gasteiger partial charge in [0, 0.05) is 35.8 Å². The fraction of sp³-hybridized carbons (Fsp3) is 0.111. The van der Waals surface area contributed by atoms with Crippen LogP contribution in [0.5, 0.6) is 5.88 Å². The number of nitrogens with one attached hydrogen (secondary N) is 1. The number of thiazole rings is 1. The number of rotatable bonds is 5. The first-order chi connectivity index (χ1) is 17.8. The lowest BCUT2D eigenvalue weighted by Gasteiger charge is -2.21. The van der Waals surface area contributed by atoms with Gasteiger partial charge in [-0.25, -0.2) is 9.78 Å². The van der Waals surface area contributed by atoms with Crippen LogP contribution in [0.2, 0.25) is 5.02 Å². The van der Waals surface area contributed by atoms with Crippen molar-refractivity contribution < 1.29 is 14.3 Å². The van der Waals surface area contributed by atoms with E-state index in [1.54, 1.807) is 60.6 Å². The molecule has 2 heterocycles. The molecule has 0 aliphatic heterocycles. The fourth-order valence-electron chi connectivity index (χ4n) is 3.92. The van der Waals surface area contributed by atoms with E-state index in [1.807, 2.05) is 30.3 Å². The standard InChI is InChI=1S/C27H21ClN4O4S/c1-31(2)27(35)36-26-20(14-29-25(34)16-8-11-21-23(12-16)37-15-30-21)24(33)19-10-9-17(28)13-22(19)32(26)18-6-4-3-5-7-18/h3-13,15H,14H2,1-2H3,(H,29,34). The molecule has 8 nitrogen and oxygen atoms in total. The van der Waals surface area contributed by atoms with Crippen molar-refractivity contribution in [2.45, 2.75) is 6.54 Å². The summed E-state index contributed by atoms with van der Waals surface area (Å²) in [6.45, 7) is -0.167. The third kappa shape index (κ3) is 4.78. The second kappa shape index (κ2) is 10.0. The van der Waals surface area contributed by atoms with E-state index in [2.05, 4.69) is 10.3 Å². The summed E-state index contributed by atoms with van der Waals surface area (Å²) in [5.41, 5.74) is 3.82. The minimum Gasteiger partial charge on any atom is -0.392 e. The number of hydrogen-bond acceptors (Lipinski definition) is 6. The molecule has 0 atom stereocenters. The monoisotopic (exact) mass is 532 g/mol. The maximum atomic E-state index is 13.7. The molecule has 186 valence electrons. The van der Waals surface area contributed by atoms with Gasteiger partial charge in [0.15, 0.2) is 5.43 Å². The first-order valence-electron chi connectivity index (χ1n) is 11.3. The van der Waals surface area contributed by atoms with Gasteiger partial charge < -0.3 is 15.0 Å². The number of para-hydroxylation sites is 1. The average Bonchev–Trinajstić information content (AvgIpc) is 3.37. The van der Waals surface area contributed by atoms with Crippen LogP contribution in [-0.4, -0.2) is 40.5 Å². The first-order valence-corrected chi connectivity index (χ1v) is 12.5. The average molecular weight is 533 g/mol. The molecular formula is C27H21ClN4O4S. The molecule has 10 heteroatoms. The molecule has 5 rings (SSSR count). The van der Waals surface area contributed by atoms with E-state index < -0.39 is 6.09 Å². The summed E-state index contributed by atoms with van der Waals surface area (Å²) in [7, 11) is 3.09. The maximum Gasteiger partial charge on any atom is 0.416 e. The smallest absolute Gasteiger partial charge is 0.392 e. The van der Waals surface area contributed by atoms with Gasteiger partial charge in [0.1, 0.15) is 0 Å². The molecule has 0 saturated carbocycles. The van der Waals surface area contributed by atoms with Gasteiger partial charge in [0.05, 0.1) is 33.4 Å². The van der Waals surface area contributed by atoms with Crippen LogP contribution in [-0.2, 0) is 6.54 Å². The highest BCUT2D eigenvalue weighted by Gasteiger charge is 2.23. The van der Waals surface area contributed by atoms with Crippen LogP contribution in [0.4, 0.5) is 4.79 Å². The predicted molar refractivity (Wildman–Crippen MR) is 145 cm³/mol. The van der Waals surface area contributed by atoms with Crippen molar-refractivity contribution in [1.82, 2.24) is 19.8 Å². The lowest BCUT2D eigenvalue weighted by Crippen LogP contribution is -2.31. The Kier molecular flexibility index (Phi) is 6.64. The normalized spacial score (nSPS) is 11.0. The van der Waals surface area contributed by atoms with Crippen LogP contribution in [0.3, 0.4) is 0 Å². The third-order valence-corrected chi connectivity index (χ3v) is 6.79. The number of pyridine rings is 1. The number of fused-ring (bicyclic) bond motifs is 2. The molecule has 0 radical (unpaired) electrons. The molecule has 0 aliphatic rings. The van der Waals surface area contributed by atoms with Crippen molar-refractivity contribution in [2.24, 2.45) is 0 Å². The molecule has 0 aliphatic carbocycles. The molecule has 0 bridgehead atoms. The van der Waals surface area contributed by atoms with Crippen molar-refractivity contribution in [3.05, 3.63) is 98.6 Å². The summed E-state index contributed by atoms with van der Waals surface area (Å²) in [5.74, 6) is -0.370. The number of nitrogens with zero attached hydrogens (tertiary/aromatic N) is 3. The van der Waals surface area contributed by atoms with Gasteiger partial charge in [0.25, 0.3) is 5.91 Å². The zero-order valence-electron chi connectivity index (χ0n) is 19.9. The van der Waals surface area contributed by atoms with Gasteiger partial charge in [-0.05, 0) is 48.5 Å². The van der Waals surface area contributed by atoms with Crippen molar-refractivity contribution >= 4 is 56.1 Å². The first kappa shape index (κ1) is 24.5. The number of benzene rings is 3. The number of hydrogen-bond donors (Lipinski definition) is 1. The second-order valence-electron chi connectivity index (χ2n) is 8.43. The lowest BCUT2D eigenvalue weighted by atomic mass is 10.1. The van der Waals surface area contributed by atoms with Gasteiger partial charge in [0.2, 0.25) is 5.88 Å². The summed E-state index contributed by atoms with van der Waals surface area (Å²) in [6.07, 6.45) is -0.673. The van der Waals surface area contributed by atoms with Gasteiger partial charge in [-0.1, -0.05) is 29.8 Å². The quantitative estimate of drug-likeness (QED) is 0.334. The van der Waals surface area contributed by atoms with Crippen LogP contribution in [0.25, 0.3) is 26.8 Å². The van der Waals surface area contributed by atoms with Crippen molar-refractivity contribution in [3.8, 4) is 11.6 Å². The van der Waals surface area contributed by atoms with Crippen LogP contribution in [0.15, 0.2) is 77.0 Å². The molecule has 3 aromatic carbocycles. The minimum atomic E-state index is -0.673. The van der Waals surface area contributed by atoms with Crippen LogP contribution < -0.4 is 15.5 Å². The summed E-state index contributed by atoms with van der Waals surface area (Å²) in [6, 6.07) is 19.3. The van der Waals surface area contributed by atoms with Crippen molar-refractivity contribution in [1.29, 1.82) is 0 Å². The summed E-state index contributed by atoms with van der Waals surface area (Å²) in [4.78, 5) is 44.9. The van der Waals surface area contributed by atoms with Crippen LogP contribution >= 0.6 is 22.9 Å². The minimum absolute atomic E-state index is 0.00266. The lowest BCUT2D eigenvalue weighted by molar-refractivity contribution is 0.0950. The number of halogens is 1. The zero-order chi connectivity index (χ0) is 26.1. The highest BCUT2D eigenvalue weighted by atomic mass is 35.5. The van der Waals surface area contributed by atoms with Crippen molar-refractivity contribution in [2.75, 3.05) is 14.1 Å². The Morgan fingerprint density at radius 1 is 1.08 bits per heavy atom. The van der Waals surface area contributed by atoms with Crippen LogP contribution in [0, 0.1) is 0 Å². The molecular weight excluding hydrogens is 512 g/mol. The maximum absolute atomic E-state index is 13.7. The van der Waals surface area contributed by atoms with E-state index in [4.69, 9.17) is 16.3 Å². The Bertz CT molecular complexity index is 1710. The Labute approximate surface area is 220 Å². The van der Waals surface area contributed by atoms with E-state index in [-0.39, 0.29) is 29.3 Å². The van der Waals surface area contributed by atoms with E-state index in [9.17, 15) is 14.4 Å². The van der Waals surface area contributed by atoms with Gasteiger partial charge in [-0.2, -0.15) is 0 Å².